The van der Waals surface area contributed by atoms with Gasteiger partial charge in [-0.25, -0.2) is 0 Å². The Balaban J connectivity index is 0. The fraction of sp³-hybridized carbons (Fsp3) is 0.941. The lowest BCUT2D eigenvalue weighted by atomic mass is 10.4. The average Bonchev–Trinajstić information content (AvgIpc) is 2.53. The van der Waals surface area contributed by atoms with Crippen molar-refractivity contribution < 1.29 is 33.2 Å². The van der Waals surface area contributed by atoms with Gasteiger partial charge in [0.1, 0.15) is 6.10 Å². The van der Waals surface area contributed by atoms with Crippen LogP contribution in [0.3, 0.4) is 0 Å². The molecule has 0 saturated carbocycles. The second kappa shape index (κ2) is 20.3. The number of hydrogen-bond acceptors (Lipinski definition) is 7. The van der Waals surface area contributed by atoms with Crippen molar-refractivity contribution in [2.75, 3.05) is 60.5 Å². The molecule has 0 fully saturated rings. The highest BCUT2D eigenvalue weighted by atomic mass is 16.6. The molecule has 0 amide bonds. The van der Waals surface area contributed by atoms with Gasteiger partial charge in [0.2, 0.25) is 0 Å². The SMILES string of the molecule is CCCOCC(C)OCC(C)OC(C)=O.COCCOCCOC. The fourth-order valence-corrected chi connectivity index (χ4v) is 1.45. The topological polar surface area (TPSA) is 72.5 Å². The molecule has 0 aliphatic carbocycles. The normalized spacial score (nSPS) is 12.9. The molecule has 0 N–H and O–H groups in total. The van der Waals surface area contributed by atoms with E-state index >= 15 is 0 Å². The summed E-state index contributed by atoms with van der Waals surface area (Å²) < 4.78 is 30.3. The monoisotopic (exact) mass is 352 g/mol. The van der Waals surface area contributed by atoms with E-state index in [1.807, 2.05) is 6.92 Å². The van der Waals surface area contributed by atoms with Crippen LogP contribution < -0.4 is 0 Å². The summed E-state index contributed by atoms with van der Waals surface area (Å²) in [5.41, 5.74) is 0. The van der Waals surface area contributed by atoms with E-state index in [9.17, 15) is 4.79 Å². The molecule has 2 unspecified atom stereocenters. The minimum atomic E-state index is -0.277. The Kier molecular flexibility index (Phi) is 21.6. The van der Waals surface area contributed by atoms with Gasteiger partial charge in [0, 0.05) is 27.8 Å². The van der Waals surface area contributed by atoms with Gasteiger partial charge in [-0.3, -0.25) is 4.79 Å². The lowest BCUT2D eigenvalue weighted by molar-refractivity contribution is -0.149. The number of esters is 1. The van der Waals surface area contributed by atoms with Crippen molar-refractivity contribution in [3.05, 3.63) is 0 Å². The number of methoxy groups -OCH3 is 2. The Morgan fingerprint density at radius 2 is 1.42 bits per heavy atom. The van der Waals surface area contributed by atoms with E-state index in [2.05, 4.69) is 6.92 Å². The second-order valence-corrected chi connectivity index (χ2v) is 5.24. The molecule has 146 valence electrons. The lowest BCUT2D eigenvalue weighted by Gasteiger charge is -2.17. The molecule has 0 rings (SSSR count). The fourth-order valence-electron chi connectivity index (χ4n) is 1.45. The van der Waals surface area contributed by atoms with Gasteiger partial charge in [-0.2, -0.15) is 0 Å². The number of hydrogen-bond donors (Lipinski definition) is 0. The van der Waals surface area contributed by atoms with E-state index in [0.29, 0.717) is 39.6 Å². The summed E-state index contributed by atoms with van der Waals surface area (Å²) in [5, 5.41) is 0. The molecule has 7 nitrogen and oxygen atoms in total. The highest BCUT2D eigenvalue weighted by molar-refractivity contribution is 5.66. The van der Waals surface area contributed by atoms with Crippen molar-refractivity contribution in [1.82, 2.24) is 0 Å². The molecule has 0 aromatic carbocycles. The molecule has 0 spiro atoms. The molecule has 7 heteroatoms. The standard InChI is InChI=1S/C11H22O4.C6H14O3/c1-5-6-13-7-9(2)14-8-10(3)15-11(4)12;1-7-3-5-9-6-4-8-2/h9-10H,5-8H2,1-4H3;3-6H2,1-2H3. The van der Waals surface area contributed by atoms with Crippen LogP contribution in [0.2, 0.25) is 0 Å². The first kappa shape index (κ1) is 25.5. The molecular formula is C17H36O7. The highest BCUT2D eigenvalue weighted by Crippen LogP contribution is 1.98. The summed E-state index contributed by atoms with van der Waals surface area (Å²) in [6, 6.07) is 0. The molecular weight excluding hydrogens is 316 g/mol. The van der Waals surface area contributed by atoms with Crippen molar-refractivity contribution >= 4 is 5.97 Å². The predicted octanol–water partition coefficient (Wildman–Crippen LogP) is 2.07. The molecule has 0 bridgehead atoms. The molecule has 0 aliphatic heterocycles. The summed E-state index contributed by atoms with van der Waals surface area (Å²) in [4.78, 5) is 10.6. The quantitative estimate of drug-likeness (QED) is 0.350. The maximum absolute atomic E-state index is 10.6. The maximum Gasteiger partial charge on any atom is 0.302 e. The first-order valence-electron chi connectivity index (χ1n) is 8.40. The molecule has 2 atom stereocenters. The summed E-state index contributed by atoms with van der Waals surface area (Å²) in [7, 11) is 3.30. The van der Waals surface area contributed by atoms with Gasteiger partial charge in [0.25, 0.3) is 0 Å². The van der Waals surface area contributed by atoms with Gasteiger partial charge < -0.3 is 28.4 Å². The summed E-state index contributed by atoms with van der Waals surface area (Å²) in [6.07, 6.45) is 0.849. The van der Waals surface area contributed by atoms with Crippen LogP contribution in [-0.2, 0) is 33.2 Å². The van der Waals surface area contributed by atoms with Crippen LogP contribution in [0, 0.1) is 0 Å². The smallest absolute Gasteiger partial charge is 0.302 e. The minimum absolute atomic E-state index is 0.0366. The van der Waals surface area contributed by atoms with Crippen LogP contribution >= 0.6 is 0 Å². The Hall–Kier alpha value is -0.730. The van der Waals surface area contributed by atoms with Crippen molar-refractivity contribution in [1.29, 1.82) is 0 Å². The molecule has 0 aliphatic rings. The first-order chi connectivity index (χ1) is 11.5. The van der Waals surface area contributed by atoms with Crippen molar-refractivity contribution in [3.63, 3.8) is 0 Å². The van der Waals surface area contributed by atoms with Crippen LogP contribution in [0.15, 0.2) is 0 Å². The molecule has 0 saturated heterocycles. The zero-order valence-corrected chi connectivity index (χ0v) is 16.2. The third-order valence-electron chi connectivity index (χ3n) is 2.55. The van der Waals surface area contributed by atoms with E-state index in [0.717, 1.165) is 13.0 Å². The molecule has 24 heavy (non-hydrogen) atoms. The Morgan fingerprint density at radius 3 is 1.88 bits per heavy atom. The van der Waals surface area contributed by atoms with Crippen molar-refractivity contribution in [2.24, 2.45) is 0 Å². The summed E-state index contributed by atoms with van der Waals surface area (Å²) in [6.45, 7) is 11.6. The van der Waals surface area contributed by atoms with Gasteiger partial charge in [-0.15, -0.1) is 0 Å². The largest absolute Gasteiger partial charge is 0.460 e. The molecule has 0 aromatic rings. The number of carbonyl (C=O) groups is 1. The van der Waals surface area contributed by atoms with E-state index in [4.69, 9.17) is 28.4 Å². The molecule has 0 aromatic heterocycles. The molecule has 0 heterocycles. The van der Waals surface area contributed by atoms with Crippen molar-refractivity contribution in [2.45, 2.75) is 46.3 Å². The zero-order chi connectivity index (χ0) is 18.6. The van der Waals surface area contributed by atoms with E-state index in [1.54, 1.807) is 21.1 Å². The number of rotatable bonds is 14. The third-order valence-corrected chi connectivity index (χ3v) is 2.55. The van der Waals surface area contributed by atoms with Gasteiger partial charge in [-0.05, 0) is 20.3 Å². The van der Waals surface area contributed by atoms with E-state index in [-0.39, 0.29) is 18.2 Å². The lowest BCUT2D eigenvalue weighted by Crippen LogP contribution is -2.24. The van der Waals surface area contributed by atoms with Gasteiger partial charge in [-0.1, -0.05) is 6.92 Å². The van der Waals surface area contributed by atoms with Crippen LogP contribution in [-0.4, -0.2) is 78.6 Å². The van der Waals surface area contributed by atoms with Crippen LogP contribution in [0.1, 0.15) is 34.1 Å². The minimum Gasteiger partial charge on any atom is -0.460 e. The van der Waals surface area contributed by atoms with Gasteiger partial charge >= 0.3 is 5.97 Å². The Morgan fingerprint density at radius 1 is 0.833 bits per heavy atom. The number of ether oxygens (including phenoxy) is 6. The second-order valence-electron chi connectivity index (χ2n) is 5.24. The highest BCUT2D eigenvalue weighted by Gasteiger charge is 2.08. The summed E-state index contributed by atoms with van der Waals surface area (Å²) >= 11 is 0. The van der Waals surface area contributed by atoms with Crippen LogP contribution in [0.4, 0.5) is 0 Å². The van der Waals surface area contributed by atoms with E-state index in [1.165, 1.54) is 6.92 Å². The molecule has 0 radical (unpaired) electrons. The first-order valence-corrected chi connectivity index (χ1v) is 8.40. The number of carbonyl (C=O) groups excluding carboxylic acids is 1. The Labute approximate surface area is 146 Å². The van der Waals surface area contributed by atoms with E-state index < -0.39 is 0 Å². The maximum atomic E-state index is 10.6. The van der Waals surface area contributed by atoms with Crippen LogP contribution in [0.5, 0.6) is 0 Å². The van der Waals surface area contributed by atoms with Crippen LogP contribution in [0.25, 0.3) is 0 Å². The van der Waals surface area contributed by atoms with Gasteiger partial charge in [0.15, 0.2) is 0 Å². The Bertz CT molecular complexity index is 255. The van der Waals surface area contributed by atoms with Crippen molar-refractivity contribution in [3.8, 4) is 0 Å². The average molecular weight is 352 g/mol. The van der Waals surface area contributed by atoms with Gasteiger partial charge in [0.05, 0.1) is 45.7 Å². The predicted molar refractivity (Wildman–Crippen MR) is 92.3 cm³/mol. The third kappa shape index (κ3) is 23.5. The zero-order valence-electron chi connectivity index (χ0n) is 16.2. The summed E-state index contributed by atoms with van der Waals surface area (Å²) in [5.74, 6) is -0.277.